The largest absolute Gasteiger partial charge is 0.352 e. The first-order valence-corrected chi connectivity index (χ1v) is 9.59. The van der Waals surface area contributed by atoms with Crippen LogP contribution in [-0.4, -0.2) is 45.2 Å². The Morgan fingerprint density at radius 1 is 1.20 bits per heavy atom. The van der Waals surface area contributed by atoms with Crippen LogP contribution in [0.2, 0.25) is 0 Å². The first kappa shape index (κ1) is 17.9. The number of hydrogen-bond acceptors (Lipinski definition) is 5. The van der Waals surface area contributed by atoms with Crippen molar-refractivity contribution in [3.63, 3.8) is 0 Å². The summed E-state index contributed by atoms with van der Waals surface area (Å²) in [5, 5.41) is 3.63. The van der Waals surface area contributed by atoms with E-state index in [9.17, 15) is 4.79 Å². The Morgan fingerprint density at radius 2 is 1.88 bits per heavy atom. The molecule has 1 saturated heterocycles. The number of rotatable bonds is 6. The summed E-state index contributed by atoms with van der Waals surface area (Å²) < 4.78 is 0. The maximum Gasteiger partial charge on any atom is 0.233 e. The number of thioether (sulfide) groups is 1. The van der Waals surface area contributed by atoms with Crippen molar-refractivity contribution in [2.75, 3.05) is 13.1 Å². The van der Waals surface area contributed by atoms with Crippen molar-refractivity contribution in [2.24, 2.45) is 0 Å². The van der Waals surface area contributed by atoms with Crippen LogP contribution in [0.4, 0.5) is 0 Å². The molecule has 0 spiro atoms. The van der Waals surface area contributed by atoms with E-state index in [4.69, 9.17) is 0 Å². The fourth-order valence-electron chi connectivity index (χ4n) is 2.95. The Balaban J connectivity index is 1.41. The van der Waals surface area contributed by atoms with Gasteiger partial charge in [0, 0.05) is 38.1 Å². The van der Waals surface area contributed by atoms with Crippen molar-refractivity contribution in [2.45, 2.75) is 42.8 Å². The van der Waals surface area contributed by atoms with E-state index >= 15 is 0 Å². The number of carbonyl (C=O) groups is 1. The normalized spacial score (nSPS) is 17.2. The summed E-state index contributed by atoms with van der Waals surface area (Å²) >= 11 is 1.40. The van der Waals surface area contributed by atoms with Gasteiger partial charge < -0.3 is 5.32 Å². The van der Waals surface area contributed by atoms with Crippen molar-refractivity contribution in [3.8, 4) is 0 Å². The van der Waals surface area contributed by atoms with Crippen molar-refractivity contribution in [1.82, 2.24) is 20.2 Å². The van der Waals surface area contributed by atoms with Crippen LogP contribution in [0.15, 0.2) is 53.9 Å². The third-order valence-corrected chi connectivity index (χ3v) is 5.37. The molecule has 1 N–H and O–H groups in total. The zero-order chi connectivity index (χ0) is 17.5. The maximum atomic E-state index is 12.4. The molecule has 1 aromatic carbocycles. The minimum absolute atomic E-state index is 0.0685. The van der Waals surface area contributed by atoms with Gasteiger partial charge in [-0.1, -0.05) is 42.1 Å². The summed E-state index contributed by atoms with van der Waals surface area (Å²) in [5.41, 5.74) is 1.35. The van der Waals surface area contributed by atoms with Gasteiger partial charge >= 0.3 is 0 Å². The summed E-state index contributed by atoms with van der Waals surface area (Å²) in [6.45, 7) is 4.92. The van der Waals surface area contributed by atoms with Crippen LogP contribution in [0.5, 0.6) is 0 Å². The number of carbonyl (C=O) groups excluding carboxylic acids is 1. The molecule has 132 valence electrons. The molecule has 6 heteroatoms. The van der Waals surface area contributed by atoms with Crippen molar-refractivity contribution in [3.05, 3.63) is 54.4 Å². The number of benzene rings is 1. The highest BCUT2D eigenvalue weighted by atomic mass is 32.2. The van der Waals surface area contributed by atoms with E-state index in [1.54, 1.807) is 18.5 Å². The van der Waals surface area contributed by atoms with Gasteiger partial charge in [0.25, 0.3) is 0 Å². The van der Waals surface area contributed by atoms with Crippen molar-refractivity contribution in [1.29, 1.82) is 0 Å². The van der Waals surface area contributed by atoms with Gasteiger partial charge in [0.2, 0.25) is 5.91 Å². The van der Waals surface area contributed by atoms with Crippen LogP contribution in [0, 0.1) is 0 Å². The van der Waals surface area contributed by atoms with Crippen LogP contribution in [0.3, 0.4) is 0 Å². The molecule has 1 aliphatic rings. The van der Waals surface area contributed by atoms with Crippen molar-refractivity contribution < 1.29 is 4.79 Å². The van der Waals surface area contributed by atoms with Crippen molar-refractivity contribution >= 4 is 17.7 Å². The third-order valence-electron chi connectivity index (χ3n) is 4.38. The molecular formula is C19H24N4OS. The minimum Gasteiger partial charge on any atom is -0.352 e. The van der Waals surface area contributed by atoms with Gasteiger partial charge in [-0.25, -0.2) is 9.97 Å². The second-order valence-corrected chi connectivity index (χ2v) is 7.64. The highest BCUT2D eigenvalue weighted by Crippen LogP contribution is 2.19. The number of piperidine rings is 1. The van der Waals surface area contributed by atoms with Gasteiger partial charge in [0.15, 0.2) is 5.16 Å². The Hall–Kier alpha value is -1.92. The maximum absolute atomic E-state index is 12.4. The van der Waals surface area contributed by atoms with Crippen LogP contribution in [-0.2, 0) is 11.3 Å². The first-order chi connectivity index (χ1) is 12.2. The van der Waals surface area contributed by atoms with Gasteiger partial charge in [-0.05, 0) is 31.4 Å². The number of aromatic nitrogens is 2. The third kappa shape index (κ3) is 5.54. The Kier molecular flexibility index (Phi) is 6.42. The lowest BCUT2D eigenvalue weighted by Crippen LogP contribution is -2.46. The van der Waals surface area contributed by atoms with Gasteiger partial charge in [0.05, 0.1) is 5.25 Å². The Labute approximate surface area is 153 Å². The summed E-state index contributed by atoms with van der Waals surface area (Å²) in [6, 6.07) is 12.6. The Morgan fingerprint density at radius 3 is 2.56 bits per heavy atom. The van der Waals surface area contributed by atoms with E-state index in [2.05, 4.69) is 44.5 Å². The zero-order valence-corrected chi connectivity index (χ0v) is 15.3. The van der Waals surface area contributed by atoms with Crippen LogP contribution in [0.1, 0.15) is 25.3 Å². The molecule has 2 heterocycles. The molecule has 0 saturated carbocycles. The van der Waals surface area contributed by atoms with Crippen LogP contribution in [0.25, 0.3) is 0 Å². The SMILES string of the molecule is CC(Sc1ncccn1)C(=O)NC1CCN(Cc2ccccc2)CC1. The predicted molar refractivity (Wildman–Crippen MR) is 100 cm³/mol. The smallest absolute Gasteiger partial charge is 0.233 e. The minimum atomic E-state index is -0.190. The number of amides is 1. The summed E-state index contributed by atoms with van der Waals surface area (Å²) in [7, 11) is 0. The fraction of sp³-hybridized carbons (Fsp3) is 0.421. The quantitative estimate of drug-likeness (QED) is 0.637. The average Bonchev–Trinajstić information content (AvgIpc) is 2.65. The van der Waals surface area contributed by atoms with E-state index in [1.165, 1.54) is 17.3 Å². The predicted octanol–water partition coefficient (Wildman–Crippen LogP) is 2.74. The molecule has 1 amide bonds. The number of likely N-dealkylation sites (tertiary alicyclic amines) is 1. The van der Waals surface area contributed by atoms with E-state index in [0.29, 0.717) is 5.16 Å². The van der Waals surface area contributed by atoms with E-state index in [0.717, 1.165) is 32.5 Å². The monoisotopic (exact) mass is 356 g/mol. The molecule has 1 atom stereocenters. The Bertz CT molecular complexity index is 660. The molecular weight excluding hydrogens is 332 g/mol. The first-order valence-electron chi connectivity index (χ1n) is 8.71. The van der Waals surface area contributed by atoms with E-state index < -0.39 is 0 Å². The molecule has 0 radical (unpaired) electrons. The molecule has 5 nitrogen and oxygen atoms in total. The summed E-state index contributed by atoms with van der Waals surface area (Å²) in [4.78, 5) is 23.2. The number of nitrogens with one attached hydrogen (secondary N) is 1. The topological polar surface area (TPSA) is 58.1 Å². The van der Waals surface area contributed by atoms with Gasteiger partial charge in [-0.2, -0.15) is 0 Å². The average molecular weight is 356 g/mol. The molecule has 2 aromatic rings. The zero-order valence-electron chi connectivity index (χ0n) is 14.5. The molecule has 1 unspecified atom stereocenters. The molecule has 0 aliphatic carbocycles. The van der Waals surface area contributed by atoms with E-state index in [1.807, 2.05) is 13.0 Å². The molecule has 3 rings (SSSR count). The molecule has 1 aromatic heterocycles. The van der Waals surface area contributed by atoms with Crippen LogP contribution < -0.4 is 5.32 Å². The lowest BCUT2D eigenvalue weighted by molar-refractivity contribution is -0.121. The summed E-state index contributed by atoms with van der Waals surface area (Å²) in [6.07, 6.45) is 5.39. The molecule has 1 fully saturated rings. The van der Waals surface area contributed by atoms with Crippen LogP contribution >= 0.6 is 11.8 Å². The lowest BCUT2D eigenvalue weighted by Gasteiger charge is -2.32. The summed E-state index contributed by atoms with van der Waals surface area (Å²) in [5.74, 6) is 0.0685. The number of nitrogens with zero attached hydrogens (tertiary/aromatic N) is 3. The van der Waals surface area contributed by atoms with Gasteiger partial charge in [-0.3, -0.25) is 9.69 Å². The molecule has 0 bridgehead atoms. The van der Waals surface area contributed by atoms with Gasteiger partial charge in [0.1, 0.15) is 0 Å². The second-order valence-electron chi connectivity index (χ2n) is 6.34. The second kappa shape index (κ2) is 8.97. The molecule has 25 heavy (non-hydrogen) atoms. The standard InChI is InChI=1S/C19H24N4OS/c1-15(25-19-20-10-5-11-21-19)18(24)22-17-8-12-23(13-9-17)14-16-6-3-2-4-7-16/h2-7,10-11,15,17H,8-9,12-14H2,1H3,(H,22,24). The van der Waals surface area contributed by atoms with Gasteiger partial charge in [-0.15, -0.1) is 0 Å². The van der Waals surface area contributed by atoms with E-state index in [-0.39, 0.29) is 17.2 Å². The lowest BCUT2D eigenvalue weighted by atomic mass is 10.0. The highest BCUT2D eigenvalue weighted by molar-refractivity contribution is 8.00. The molecule has 1 aliphatic heterocycles. The highest BCUT2D eigenvalue weighted by Gasteiger charge is 2.23. The number of hydrogen-bond donors (Lipinski definition) is 1. The fourth-order valence-corrected chi connectivity index (χ4v) is 3.69.